The fourth-order valence-corrected chi connectivity index (χ4v) is 1.51. The van der Waals surface area contributed by atoms with Gasteiger partial charge in [0.25, 0.3) is 0 Å². The average molecular weight is 211 g/mol. The third-order valence-corrected chi connectivity index (χ3v) is 2.48. The molecule has 0 aliphatic carbocycles. The Bertz CT molecular complexity index is 318. The summed E-state index contributed by atoms with van der Waals surface area (Å²) in [5.41, 5.74) is 1.17. The van der Waals surface area contributed by atoms with Crippen molar-refractivity contribution in [3.8, 4) is 0 Å². The number of rotatable bonds is 5. The molecule has 1 N–H and O–H groups in total. The molecule has 0 radical (unpaired) electrons. The molecule has 1 fully saturated rings. The molecule has 0 spiro atoms. The highest BCUT2D eigenvalue weighted by molar-refractivity contribution is 5.19. The van der Waals surface area contributed by atoms with Gasteiger partial charge in [-0.05, 0) is 25.6 Å². The van der Waals surface area contributed by atoms with Crippen molar-refractivity contribution >= 4 is 0 Å². The maximum absolute atomic E-state index is 5.65. The predicted molar refractivity (Wildman–Crippen MR) is 55.6 cm³/mol. The van der Waals surface area contributed by atoms with Crippen LogP contribution in [-0.4, -0.2) is 26.4 Å². The number of ether oxygens (including phenoxy) is 2. The van der Waals surface area contributed by atoms with Crippen molar-refractivity contribution in [1.29, 1.82) is 0 Å². The Morgan fingerprint density at radius 1 is 1.53 bits per heavy atom. The average Bonchev–Trinajstić information content (AvgIpc) is 2.45. The van der Waals surface area contributed by atoms with Crippen LogP contribution in [0.25, 0.3) is 0 Å². The van der Waals surface area contributed by atoms with Crippen LogP contribution in [0.4, 0.5) is 0 Å². The van der Waals surface area contributed by atoms with Gasteiger partial charge >= 0.3 is 0 Å². The van der Waals surface area contributed by atoms with Crippen LogP contribution < -0.4 is 5.32 Å². The van der Waals surface area contributed by atoms with E-state index in [1.165, 1.54) is 5.56 Å². The molecule has 1 saturated heterocycles. The van der Waals surface area contributed by atoms with Crippen LogP contribution in [0.5, 0.6) is 0 Å². The summed E-state index contributed by atoms with van der Waals surface area (Å²) in [6.07, 6.45) is 0.253. The van der Waals surface area contributed by atoms with E-state index >= 15 is 0 Å². The van der Waals surface area contributed by atoms with Crippen molar-refractivity contribution in [3.63, 3.8) is 0 Å². The standard InChI is InChI=1S/C11H17NO3/c1-8-3-9(15-11(8)4-12-2)7-14-10-5-13-6-10/h3,10,12H,4-7H2,1-2H3. The highest BCUT2D eigenvalue weighted by Crippen LogP contribution is 2.17. The molecule has 1 aromatic heterocycles. The lowest BCUT2D eigenvalue weighted by atomic mass is 10.2. The Kier molecular flexibility index (Phi) is 3.41. The van der Waals surface area contributed by atoms with Gasteiger partial charge in [-0.25, -0.2) is 0 Å². The van der Waals surface area contributed by atoms with Gasteiger partial charge in [0.15, 0.2) is 0 Å². The maximum atomic E-state index is 5.65. The summed E-state index contributed by atoms with van der Waals surface area (Å²) in [7, 11) is 1.91. The first-order valence-corrected chi connectivity index (χ1v) is 5.21. The van der Waals surface area contributed by atoms with E-state index in [1.54, 1.807) is 0 Å². The van der Waals surface area contributed by atoms with Crippen molar-refractivity contribution < 1.29 is 13.9 Å². The molecule has 2 rings (SSSR count). The number of hydrogen-bond donors (Lipinski definition) is 1. The first-order valence-electron chi connectivity index (χ1n) is 5.21. The summed E-state index contributed by atoms with van der Waals surface area (Å²) in [4.78, 5) is 0. The number of nitrogens with one attached hydrogen (secondary N) is 1. The molecule has 0 amide bonds. The molecule has 4 heteroatoms. The molecule has 84 valence electrons. The van der Waals surface area contributed by atoms with Crippen molar-refractivity contribution in [2.24, 2.45) is 0 Å². The van der Waals surface area contributed by atoms with E-state index in [1.807, 2.05) is 20.0 Å². The summed E-state index contributed by atoms with van der Waals surface area (Å²) >= 11 is 0. The van der Waals surface area contributed by atoms with Crippen LogP contribution >= 0.6 is 0 Å². The van der Waals surface area contributed by atoms with E-state index < -0.39 is 0 Å². The summed E-state index contributed by atoms with van der Waals surface area (Å²) in [6.45, 7) is 4.77. The lowest BCUT2D eigenvalue weighted by molar-refractivity contribution is -0.137. The molecule has 2 heterocycles. The molecule has 0 saturated carbocycles. The molecule has 1 aliphatic rings. The third kappa shape index (κ3) is 2.59. The van der Waals surface area contributed by atoms with E-state index in [2.05, 4.69) is 5.32 Å². The first kappa shape index (κ1) is 10.7. The van der Waals surface area contributed by atoms with Gasteiger partial charge in [-0.3, -0.25) is 0 Å². The Balaban J connectivity index is 1.87. The molecule has 1 aliphatic heterocycles. The zero-order valence-corrected chi connectivity index (χ0v) is 9.21. The molecule has 1 aromatic rings. The van der Waals surface area contributed by atoms with Gasteiger partial charge in [-0.2, -0.15) is 0 Å². The minimum atomic E-state index is 0.253. The van der Waals surface area contributed by atoms with Crippen LogP contribution in [0.1, 0.15) is 17.1 Å². The fourth-order valence-electron chi connectivity index (χ4n) is 1.51. The molecule has 0 aromatic carbocycles. The molecule has 0 atom stereocenters. The van der Waals surface area contributed by atoms with Crippen molar-refractivity contribution in [3.05, 3.63) is 23.2 Å². The molecular weight excluding hydrogens is 194 g/mol. The number of aryl methyl sites for hydroxylation is 1. The molecule has 15 heavy (non-hydrogen) atoms. The highest BCUT2D eigenvalue weighted by Gasteiger charge is 2.19. The zero-order valence-electron chi connectivity index (χ0n) is 9.21. The SMILES string of the molecule is CNCc1oc(COC2COC2)cc1C. The lowest BCUT2D eigenvalue weighted by Gasteiger charge is -2.25. The van der Waals surface area contributed by atoms with Gasteiger partial charge in [0.05, 0.1) is 19.8 Å². The van der Waals surface area contributed by atoms with E-state index in [0.29, 0.717) is 19.8 Å². The van der Waals surface area contributed by atoms with Crippen molar-refractivity contribution in [2.75, 3.05) is 20.3 Å². The first-order chi connectivity index (χ1) is 7.29. The lowest BCUT2D eigenvalue weighted by Crippen LogP contribution is -2.35. The van der Waals surface area contributed by atoms with Crippen molar-refractivity contribution in [1.82, 2.24) is 5.32 Å². The van der Waals surface area contributed by atoms with Gasteiger partial charge in [0, 0.05) is 0 Å². The summed E-state index contributed by atoms with van der Waals surface area (Å²) in [5, 5.41) is 3.07. The zero-order chi connectivity index (χ0) is 10.7. The third-order valence-electron chi connectivity index (χ3n) is 2.48. The Morgan fingerprint density at radius 3 is 2.93 bits per heavy atom. The van der Waals surface area contributed by atoms with Crippen LogP contribution in [0, 0.1) is 6.92 Å². The minimum Gasteiger partial charge on any atom is -0.462 e. The minimum absolute atomic E-state index is 0.253. The van der Waals surface area contributed by atoms with Crippen LogP contribution in [-0.2, 0) is 22.6 Å². The van der Waals surface area contributed by atoms with E-state index in [9.17, 15) is 0 Å². The molecule has 4 nitrogen and oxygen atoms in total. The highest BCUT2D eigenvalue weighted by atomic mass is 16.6. The van der Waals surface area contributed by atoms with Crippen molar-refractivity contribution in [2.45, 2.75) is 26.2 Å². The van der Waals surface area contributed by atoms with Gasteiger partial charge in [0.1, 0.15) is 24.2 Å². The van der Waals surface area contributed by atoms with Gasteiger partial charge in [-0.1, -0.05) is 0 Å². The molecule has 0 bridgehead atoms. The van der Waals surface area contributed by atoms with Crippen LogP contribution in [0.3, 0.4) is 0 Å². The van der Waals surface area contributed by atoms with Gasteiger partial charge < -0.3 is 19.2 Å². The Labute approximate surface area is 89.6 Å². The quantitative estimate of drug-likeness (QED) is 0.795. The van der Waals surface area contributed by atoms with Gasteiger partial charge in [-0.15, -0.1) is 0 Å². The summed E-state index contributed by atoms with van der Waals surface area (Å²) in [5.74, 6) is 1.88. The van der Waals surface area contributed by atoms with Crippen LogP contribution in [0.15, 0.2) is 10.5 Å². The summed E-state index contributed by atoms with van der Waals surface area (Å²) < 4.78 is 16.2. The maximum Gasteiger partial charge on any atom is 0.130 e. The number of furan rings is 1. The van der Waals surface area contributed by atoms with E-state index in [0.717, 1.165) is 18.1 Å². The second-order valence-electron chi connectivity index (χ2n) is 3.82. The largest absolute Gasteiger partial charge is 0.462 e. The fraction of sp³-hybridized carbons (Fsp3) is 0.636. The molecule has 0 unspecified atom stereocenters. The second kappa shape index (κ2) is 4.79. The number of hydrogen-bond acceptors (Lipinski definition) is 4. The normalized spacial score (nSPS) is 16.7. The Morgan fingerprint density at radius 2 is 2.33 bits per heavy atom. The monoisotopic (exact) mass is 211 g/mol. The Hall–Kier alpha value is -0.840. The smallest absolute Gasteiger partial charge is 0.130 e. The topological polar surface area (TPSA) is 43.6 Å². The summed E-state index contributed by atoms with van der Waals surface area (Å²) in [6, 6.07) is 2.03. The van der Waals surface area contributed by atoms with E-state index in [-0.39, 0.29) is 6.10 Å². The van der Waals surface area contributed by atoms with Crippen LogP contribution in [0.2, 0.25) is 0 Å². The molecular formula is C11H17NO3. The van der Waals surface area contributed by atoms with Gasteiger partial charge in [0.2, 0.25) is 0 Å². The predicted octanol–water partition coefficient (Wildman–Crippen LogP) is 1.22. The van der Waals surface area contributed by atoms with E-state index in [4.69, 9.17) is 13.9 Å². The second-order valence-corrected chi connectivity index (χ2v) is 3.82.